The number of carboxylic acids is 1. The maximum atomic E-state index is 11.0. The molecule has 3 aromatic rings. The molecular formula is C13H9N3O3. The molecule has 0 bridgehead atoms. The number of pyridine rings is 1. The van der Waals surface area contributed by atoms with Crippen molar-refractivity contribution in [2.24, 2.45) is 0 Å². The molecular weight excluding hydrogens is 246 g/mol. The van der Waals surface area contributed by atoms with Gasteiger partial charge >= 0.3 is 5.97 Å². The van der Waals surface area contributed by atoms with Gasteiger partial charge < -0.3 is 15.2 Å². The summed E-state index contributed by atoms with van der Waals surface area (Å²) in [5, 5.41) is 18.4. The molecule has 0 saturated heterocycles. The second-order valence-electron chi connectivity index (χ2n) is 4.02. The fraction of sp³-hybridized carbons (Fsp3) is 0. The summed E-state index contributed by atoms with van der Waals surface area (Å²) in [6.07, 6.45) is 3.27. The molecule has 6 nitrogen and oxygen atoms in total. The van der Waals surface area contributed by atoms with E-state index in [9.17, 15) is 9.90 Å². The quantitative estimate of drug-likeness (QED) is 0.650. The highest BCUT2D eigenvalue weighted by atomic mass is 16.4. The summed E-state index contributed by atoms with van der Waals surface area (Å²) in [5.74, 6) is -0.920. The number of nitrogens with zero attached hydrogens (tertiary/aromatic N) is 2. The minimum atomic E-state index is -1.18. The van der Waals surface area contributed by atoms with Crippen LogP contribution in [0.1, 0.15) is 10.4 Å². The van der Waals surface area contributed by atoms with Crippen LogP contribution in [-0.4, -0.2) is 31.1 Å². The largest absolute Gasteiger partial charge is 0.507 e. The number of rotatable bonds is 2. The third kappa shape index (κ3) is 1.89. The van der Waals surface area contributed by atoms with Crippen molar-refractivity contribution in [3.8, 4) is 17.1 Å². The van der Waals surface area contributed by atoms with E-state index in [1.54, 1.807) is 24.5 Å². The van der Waals surface area contributed by atoms with E-state index in [4.69, 9.17) is 5.11 Å². The van der Waals surface area contributed by atoms with E-state index < -0.39 is 5.97 Å². The fourth-order valence-corrected chi connectivity index (χ4v) is 1.85. The van der Waals surface area contributed by atoms with Crippen LogP contribution in [0.3, 0.4) is 0 Å². The Morgan fingerprint density at radius 3 is 2.84 bits per heavy atom. The van der Waals surface area contributed by atoms with Gasteiger partial charge in [0, 0.05) is 11.8 Å². The summed E-state index contributed by atoms with van der Waals surface area (Å²) >= 11 is 0. The number of hydrogen-bond acceptors (Lipinski definition) is 4. The van der Waals surface area contributed by atoms with Crippen LogP contribution in [0.15, 0.2) is 36.7 Å². The van der Waals surface area contributed by atoms with Crippen molar-refractivity contribution in [3.05, 3.63) is 42.2 Å². The molecule has 0 aliphatic heterocycles. The van der Waals surface area contributed by atoms with Crippen molar-refractivity contribution in [2.45, 2.75) is 0 Å². The van der Waals surface area contributed by atoms with Gasteiger partial charge in [0.25, 0.3) is 0 Å². The minimum Gasteiger partial charge on any atom is -0.507 e. The Morgan fingerprint density at radius 1 is 1.26 bits per heavy atom. The number of imidazole rings is 1. The molecule has 3 N–H and O–H groups in total. The second-order valence-corrected chi connectivity index (χ2v) is 4.02. The highest BCUT2D eigenvalue weighted by Crippen LogP contribution is 2.25. The smallest absolute Gasteiger partial charge is 0.339 e. The van der Waals surface area contributed by atoms with Crippen molar-refractivity contribution in [1.82, 2.24) is 15.0 Å². The number of fused-ring (bicyclic) bond motifs is 1. The summed E-state index contributed by atoms with van der Waals surface area (Å²) < 4.78 is 0. The van der Waals surface area contributed by atoms with Crippen molar-refractivity contribution in [3.63, 3.8) is 0 Å². The number of hydrogen-bond donors (Lipinski definition) is 3. The summed E-state index contributed by atoms with van der Waals surface area (Å²) in [4.78, 5) is 22.3. The molecule has 0 fully saturated rings. The molecule has 0 amide bonds. The Bertz CT molecular complexity index is 747. The van der Waals surface area contributed by atoms with Crippen LogP contribution in [-0.2, 0) is 0 Å². The summed E-state index contributed by atoms with van der Waals surface area (Å²) in [7, 11) is 0. The Morgan fingerprint density at radius 2 is 2.11 bits per heavy atom. The van der Waals surface area contributed by atoms with E-state index in [1.165, 1.54) is 12.1 Å². The molecule has 0 aliphatic carbocycles. The molecule has 0 unspecified atom stereocenters. The molecule has 2 aromatic heterocycles. The minimum absolute atomic E-state index is 0.156. The molecule has 2 heterocycles. The van der Waals surface area contributed by atoms with Gasteiger partial charge in [-0.3, -0.25) is 4.98 Å². The molecule has 94 valence electrons. The molecule has 6 heteroatoms. The zero-order valence-electron chi connectivity index (χ0n) is 9.66. The van der Waals surface area contributed by atoms with E-state index in [0.29, 0.717) is 11.4 Å². The molecule has 0 radical (unpaired) electrons. The number of phenols is 1. The number of aromatic amines is 1. The third-order valence-corrected chi connectivity index (χ3v) is 2.78. The van der Waals surface area contributed by atoms with E-state index in [1.807, 2.05) is 0 Å². The predicted molar refractivity (Wildman–Crippen MR) is 67.9 cm³/mol. The number of nitrogens with one attached hydrogen (secondary N) is 1. The Balaban J connectivity index is 2.16. The summed E-state index contributed by atoms with van der Waals surface area (Å²) in [5.41, 5.74) is 1.94. The van der Waals surface area contributed by atoms with Crippen molar-refractivity contribution in [1.29, 1.82) is 0 Å². The number of aromatic carboxylic acids is 1. The van der Waals surface area contributed by atoms with Crippen molar-refractivity contribution >= 4 is 17.0 Å². The highest BCUT2D eigenvalue weighted by Gasteiger charge is 2.12. The van der Waals surface area contributed by atoms with Gasteiger partial charge in [-0.25, -0.2) is 9.78 Å². The zero-order valence-corrected chi connectivity index (χ0v) is 9.66. The summed E-state index contributed by atoms with van der Waals surface area (Å²) in [6.45, 7) is 0. The monoisotopic (exact) mass is 255 g/mol. The van der Waals surface area contributed by atoms with Crippen LogP contribution in [0.2, 0.25) is 0 Å². The Kier molecular flexibility index (Phi) is 2.42. The fourth-order valence-electron chi connectivity index (χ4n) is 1.85. The normalized spacial score (nSPS) is 10.7. The Labute approximate surface area is 107 Å². The molecule has 19 heavy (non-hydrogen) atoms. The van der Waals surface area contributed by atoms with Gasteiger partial charge in [-0.1, -0.05) is 0 Å². The maximum Gasteiger partial charge on any atom is 0.339 e. The molecule has 3 rings (SSSR count). The lowest BCUT2D eigenvalue weighted by Crippen LogP contribution is -1.97. The number of aromatic hydroxyl groups is 1. The average Bonchev–Trinajstić information content (AvgIpc) is 2.82. The van der Waals surface area contributed by atoms with Gasteiger partial charge in [-0.05, 0) is 24.3 Å². The van der Waals surface area contributed by atoms with Gasteiger partial charge in [0.05, 0.1) is 17.2 Å². The van der Waals surface area contributed by atoms with Crippen LogP contribution >= 0.6 is 0 Å². The van der Waals surface area contributed by atoms with Crippen LogP contribution in [0.5, 0.6) is 5.75 Å². The second kappa shape index (κ2) is 4.09. The lowest BCUT2D eigenvalue weighted by Gasteiger charge is -2.01. The van der Waals surface area contributed by atoms with Crippen molar-refractivity contribution in [2.75, 3.05) is 0 Å². The van der Waals surface area contributed by atoms with Gasteiger partial charge in [0.15, 0.2) is 0 Å². The zero-order chi connectivity index (χ0) is 13.4. The molecule has 0 aliphatic rings. The summed E-state index contributed by atoms with van der Waals surface area (Å²) in [6, 6.07) is 6.08. The topological polar surface area (TPSA) is 99.1 Å². The Hall–Kier alpha value is -2.89. The van der Waals surface area contributed by atoms with Crippen LogP contribution < -0.4 is 0 Å². The van der Waals surface area contributed by atoms with Gasteiger partial charge in [0.2, 0.25) is 0 Å². The first-order valence-corrected chi connectivity index (χ1v) is 5.51. The first-order valence-electron chi connectivity index (χ1n) is 5.51. The average molecular weight is 255 g/mol. The van der Waals surface area contributed by atoms with E-state index in [2.05, 4.69) is 15.0 Å². The van der Waals surface area contributed by atoms with E-state index in [0.717, 1.165) is 11.0 Å². The predicted octanol–water partition coefficient (Wildman–Crippen LogP) is 2.03. The first kappa shape index (κ1) is 11.2. The molecule has 0 saturated carbocycles. The van der Waals surface area contributed by atoms with Gasteiger partial charge in [0.1, 0.15) is 17.1 Å². The standard InChI is InChI=1S/C13H9N3O3/c17-11-2-1-7(5-8(11)13(18)19)12-15-9-3-4-14-6-10(9)16-12/h1-6,17H,(H,15,16)(H,18,19). The molecule has 0 atom stereocenters. The van der Waals surface area contributed by atoms with Crippen LogP contribution in [0, 0.1) is 0 Å². The first-order chi connectivity index (χ1) is 9.15. The number of carboxylic acid groups (broad SMARTS) is 1. The lowest BCUT2D eigenvalue weighted by atomic mass is 10.1. The molecule has 0 spiro atoms. The number of H-pyrrole nitrogens is 1. The lowest BCUT2D eigenvalue weighted by molar-refractivity contribution is 0.0694. The molecule has 1 aromatic carbocycles. The SMILES string of the molecule is O=C(O)c1cc(-c2nc3ccncc3[nH]2)ccc1O. The van der Waals surface area contributed by atoms with Gasteiger partial charge in [-0.2, -0.15) is 0 Å². The van der Waals surface area contributed by atoms with Crippen LogP contribution in [0.4, 0.5) is 0 Å². The van der Waals surface area contributed by atoms with Gasteiger partial charge in [-0.15, -0.1) is 0 Å². The maximum absolute atomic E-state index is 11.0. The van der Waals surface area contributed by atoms with E-state index >= 15 is 0 Å². The van der Waals surface area contributed by atoms with Crippen LogP contribution in [0.25, 0.3) is 22.4 Å². The van der Waals surface area contributed by atoms with Crippen molar-refractivity contribution < 1.29 is 15.0 Å². The number of benzene rings is 1. The number of carbonyl (C=O) groups is 1. The number of aromatic nitrogens is 3. The van der Waals surface area contributed by atoms with E-state index in [-0.39, 0.29) is 11.3 Å². The third-order valence-electron chi connectivity index (χ3n) is 2.78. The highest BCUT2D eigenvalue weighted by molar-refractivity contribution is 5.92.